The maximum atomic E-state index is 13.7. The molecule has 0 saturated carbocycles. The normalized spacial score (nSPS) is 10.9. The summed E-state index contributed by atoms with van der Waals surface area (Å²) < 4.78 is 18.7. The molecule has 0 aliphatic carbocycles. The van der Waals surface area contributed by atoms with E-state index in [1.807, 2.05) is 6.07 Å². The molecular formula is C13H19ClFNO. The maximum Gasteiger partial charge on any atom is 0.129 e. The summed E-state index contributed by atoms with van der Waals surface area (Å²) in [6.45, 7) is 5.47. The van der Waals surface area contributed by atoms with Crippen molar-refractivity contribution in [3.8, 4) is 0 Å². The second kappa shape index (κ2) is 6.82. The molecule has 0 amide bonds. The van der Waals surface area contributed by atoms with Crippen LogP contribution < -0.4 is 4.90 Å². The van der Waals surface area contributed by atoms with Gasteiger partial charge in [-0.3, -0.25) is 0 Å². The minimum absolute atomic E-state index is 0.179. The van der Waals surface area contributed by atoms with E-state index in [9.17, 15) is 4.39 Å². The summed E-state index contributed by atoms with van der Waals surface area (Å²) in [6.07, 6.45) is 0. The summed E-state index contributed by atoms with van der Waals surface area (Å²) in [5.41, 5.74) is 1.41. The summed E-state index contributed by atoms with van der Waals surface area (Å²) in [7, 11) is 1.66. The molecule has 96 valence electrons. The highest BCUT2D eigenvalue weighted by Crippen LogP contribution is 2.26. The number of nitrogens with zero attached hydrogens (tertiary/aromatic N) is 1. The quantitative estimate of drug-likeness (QED) is 0.726. The SMILES string of the molecule is COCCN(c1cccc(F)c1CCl)C(C)C. The Morgan fingerprint density at radius 3 is 2.65 bits per heavy atom. The summed E-state index contributed by atoms with van der Waals surface area (Å²) in [4.78, 5) is 2.10. The fourth-order valence-corrected chi connectivity index (χ4v) is 2.06. The predicted octanol–water partition coefficient (Wildman–Crippen LogP) is 3.43. The Kier molecular flexibility index (Phi) is 5.72. The van der Waals surface area contributed by atoms with Gasteiger partial charge in [0.2, 0.25) is 0 Å². The standard InChI is InChI=1S/C13H19ClFNO/c1-10(2)16(7-8-17-3)13-6-4-5-12(15)11(13)9-14/h4-6,10H,7-9H2,1-3H3. The molecule has 0 fully saturated rings. The number of hydrogen-bond acceptors (Lipinski definition) is 2. The molecule has 0 aliphatic rings. The molecule has 0 aromatic heterocycles. The average molecular weight is 260 g/mol. The third kappa shape index (κ3) is 3.58. The average Bonchev–Trinajstić information content (AvgIpc) is 2.29. The molecule has 4 heteroatoms. The van der Waals surface area contributed by atoms with Crippen LogP contribution in [0.15, 0.2) is 18.2 Å². The van der Waals surface area contributed by atoms with Crippen LogP contribution in [0.1, 0.15) is 19.4 Å². The number of hydrogen-bond donors (Lipinski definition) is 0. The maximum absolute atomic E-state index is 13.7. The van der Waals surface area contributed by atoms with E-state index in [2.05, 4.69) is 18.7 Å². The Morgan fingerprint density at radius 2 is 2.12 bits per heavy atom. The number of rotatable bonds is 6. The second-order valence-corrected chi connectivity index (χ2v) is 4.42. The van der Waals surface area contributed by atoms with Crippen LogP contribution in [0.5, 0.6) is 0 Å². The molecular weight excluding hydrogens is 241 g/mol. The number of halogens is 2. The van der Waals surface area contributed by atoms with Crippen molar-refractivity contribution in [3.05, 3.63) is 29.6 Å². The van der Waals surface area contributed by atoms with Gasteiger partial charge in [-0.05, 0) is 26.0 Å². The first-order valence-electron chi connectivity index (χ1n) is 5.70. The molecule has 0 heterocycles. The van der Waals surface area contributed by atoms with Crippen LogP contribution in [0.2, 0.25) is 0 Å². The van der Waals surface area contributed by atoms with Crippen molar-refractivity contribution in [1.82, 2.24) is 0 Å². The Balaban J connectivity index is 3.04. The van der Waals surface area contributed by atoms with Gasteiger partial charge in [0.25, 0.3) is 0 Å². The lowest BCUT2D eigenvalue weighted by Crippen LogP contribution is -2.34. The molecule has 1 aromatic rings. The number of ether oxygens (including phenoxy) is 1. The lowest BCUT2D eigenvalue weighted by Gasteiger charge is -2.30. The smallest absolute Gasteiger partial charge is 0.129 e. The van der Waals surface area contributed by atoms with Gasteiger partial charge in [-0.1, -0.05) is 6.07 Å². The zero-order valence-corrected chi connectivity index (χ0v) is 11.3. The van der Waals surface area contributed by atoms with Gasteiger partial charge < -0.3 is 9.64 Å². The third-order valence-electron chi connectivity index (χ3n) is 2.70. The molecule has 0 saturated heterocycles. The van der Waals surface area contributed by atoms with Crippen molar-refractivity contribution in [2.24, 2.45) is 0 Å². The molecule has 0 spiro atoms. The van der Waals surface area contributed by atoms with Crippen molar-refractivity contribution in [2.75, 3.05) is 25.2 Å². The van der Waals surface area contributed by atoms with E-state index in [4.69, 9.17) is 16.3 Å². The van der Waals surface area contributed by atoms with Gasteiger partial charge in [0.1, 0.15) is 5.82 Å². The monoisotopic (exact) mass is 259 g/mol. The summed E-state index contributed by atoms with van der Waals surface area (Å²) >= 11 is 5.82. The van der Waals surface area contributed by atoms with Gasteiger partial charge in [-0.15, -0.1) is 11.6 Å². The van der Waals surface area contributed by atoms with Gasteiger partial charge >= 0.3 is 0 Å². The highest BCUT2D eigenvalue weighted by molar-refractivity contribution is 6.17. The van der Waals surface area contributed by atoms with E-state index in [0.717, 1.165) is 12.2 Å². The Bertz CT molecular complexity index is 357. The Hall–Kier alpha value is -0.800. The zero-order chi connectivity index (χ0) is 12.8. The molecule has 2 nitrogen and oxygen atoms in total. The zero-order valence-electron chi connectivity index (χ0n) is 10.5. The van der Waals surface area contributed by atoms with Crippen LogP contribution >= 0.6 is 11.6 Å². The second-order valence-electron chi connectivity index (χ2n) is 4.15. The van der Waals surface area contributed by atoms with E-state index in [1.54, 1.807) is 13.2 Å². The predicted molar refractivity (Wildman–Crippen MR) is 70.3 cm³/mol. The van der Waals surface area contributed by atoms with Gasteiger partial charge in [0, 0.05) is 30.9 Å². The number of benzene rings is 1. The Labute approximate surface area is 107 Å². The lowest BCUT2D eigenvalue weighted by atomic mass is 10.1. The van der Waals surface area contributed by atoms with E-state index < -0.39 is 0 Å². The van der Waals surface area contributed by atoms with E-state index in [-0.39, 0.29) is 17.7 Å². The fraction of sp³-hybridized carbons (Fsp3) is 0.538. The molecule has 17 heavy (non-hydrogen) atoms. The van der Waals surface area contributed by atoms with Crippen molar-refractivity contribution >= 4 is 17.3 Å². The van der Waals surface area contributed by atoms with Crippen molar-refractivity contribution in [1.29, 1.82) is 0 Å². The van der Waals surface area contributed by atoms with Gasteiger partial charge in [0.05, 0.1) is 12.5 Å². The van der Waals surface area contributed by atoms with Crippen LogP contribution in [-0.4, -0.2) is 26.3 Å². The van der Waals surface area contributed by atoms with Crippen LogP contribution in [0.4, 0.5) is 10.1 Å². The van der Waals surface area contributed by atoms with E-state index >= 15 is 0 Å². The van der Waals surface area contributed by atoms with Gasteiger partial charge in [-0.2, -0.15) is 0 Å². The molecule has 0 radical (unpaired) electrons. The lowest BCUT2D eigenvalue weighted by molar-refractivity contribution is 0.203. The molecule has 0 atom stereocenters. The molecule has 0 aliphatic heterocycles. The first-order valence-corrected chi connectivity index (χ1v) is 6.24. The summed E-state index contributed by atoms with van der Waals surface area (Å²) in [5.74, 6) is -0.0707. The van der Waals surface area contributed by atoms with Crippen LogP contribution in [0.3, 0.4) is 0 Å². The third-order valence-corrected chi connectivity index (χ3v) is 2.96. The van der Waals surface area contributed by atoms with Gasteiger partial charge in [0.15, 0.2) is 0 Å². The largest absolute Gasteiger partial charge is 0.383 e. The summed E-state index contributed by atoms with van der Waals surface area (Å²) in [6, 6.07) is 5.32. The number of alkyl halides is 1. The van der Waals surface area contributed by atoms with Crippen LogP contribution in [0.25, 0.3) is 0 Å². The minimum Gasteiger partial charge on any atom is -0.383 e. The van der Waals surface area contributed by atoms with Gasteiger partial charge in [-0.25, -0.2) is 4.39 Å². The van der Waals surface area contributed by atoms with Crippen LogP contribution in [0, 0.1) is 5.82 Å². The van der Waals surface area contributed by atoms with E-state index in [1.165, 1.54) is 6.07 Å². The molecule has 0 unspecified atom stereocenters. The molecule has 1 rings (SSSR count). The number of anilines is 1. The minimum atomic E-state index is -0.249. The molecule has 0 bridgehead atoms. The highest BCUT2D eigenvalue weighted by Gasteiger charge is 2.16. The van der Waals surface area contributed by atoms with Crippen molar-refractivity contribution < 1.29 is 9.13 Å². The Morgan fingerprint density at radius 1 is 1.41 bits per heavy atom. The van der Waals surface area contributed by atoms with E-state index in [0.29, 0.717) is 12.2 Å². The van der Waals surface area contributed by atoms with Crippen LogP contribution in [-0.2, 0) is 10.6 Å². The molecule has 0 N–H and O–H groups in total. The first-order chi connectivity index (χ1) is 8.11. The highest BCUT2D eigenvalue weighted by atomic mass is 35.5. The molecule has 1 aromatic carbocycles. The first kappa shape index (κ1) is 14.3. The number of methoxy groups -OCH3 is 1. The van der Waals surface area contributed by atoms with Crippen molar-refractivity contribution in [2.45, 2.75) is 25.8 Å². The fourth-order valence-electron chi connectivity index (χ4n) is 1.80. The topological polar surface area (TPSA) is 12.5 Å². The van der Waals surface area contributed by atoms with Crippen molar-refractivity contribution in [3.63, 3.8) is 0 Å². The summed E-state index contributed by atoms with van der Waals surface area (Å²) in [5, 5.41) is 0.